The molecule has 0 saturated carbocycles. The number of hydrogen-bond donors (Lipinski definition) is 0. The first kappa shape index (κ1) is 19.4. The highest BCUT2D eigenvalue weighted by Crippen LogP contribution is 2.25. The number of hydrogen-bond acceptors (Lipinski definition) is 5. The Labute approximate surface area is 163 Å². The summed E-state index contributed by atoms with van der Waals surface area (Å²) in [5.41, 5.74) is 3.28. The molecule has 1 fully saturated rings. The lowest BCUT2D eigenvalue weighted by atomic mass is 10.1. The van der Waals surface area contributed by atoms with Crippen LogP contribution in [0.2, 0.25) is 0 Å². The normalized spacial score (nSPS) is 14.3. The Morgan fingerprint density at radius 2 is 1.93 bits per heavy atom. The maximum atomic E-state index is 12.5. The van der Waals surface area contributed by atoms with Gasteiger partial charge in [-0.1, -0.05) is 23.8 Å². The Kier molecular flexibility index (Phi) is 6.45. The SMILES string of the molecule is CCOC(=O)N1CCN(C(=O)CCc2csc(-c3cccc(C)c3)n2)CC1. The van der Waals surface area contributed by atoms with Crippen molar-refractivity contribution >= 4 is 23.3 Å². The fourth-order valence-electron chi connectivity index (χ4n) is 3.08. The molecule has 0 N–H and O–H groups in total. The van der Waals surface area contributed by atoms with Crippen molar-refractivity contribution in [2.75, 3.05) is 32.8 Å². The molecule has 1 aliphatic rings. The third kappa shape index (κ3) is 5.07. The van der Waals surface area contributed by atoms with Gasteiger partial charge < -0.3 is 14.5 Å². The average Bonchev–Trinajstić information content (AvgIpc) is 3.15. The summed E-state index contributed by atoms with van der Waals surface area (Å²) in [6.45, 7) is 6.40. The molecule has 0 bridgehead atoms. The summed E-state index contributed by atoms with van der Waals surface area (Å²) in [6, 6.07) is 8.28. The molecule has 1 saturated heterocycles. The number of amides is 2. The largest absolute Gasteiger partial charge is 0.450 e. The van der Waals surface area contributed by atoms with E-state index < -0.39 is 0 Å². The molecular weight excluding hydrogens is 362 g/mol. The Bertz CT molecular complexity index is 797. The smallest absolute Gasteiger partial charge is 0.409 e. The number of carbonyl (C=O) groups is 2. The zero-order valence-corrected chi connectivity index (χ0v) is 16.6. The van der Waals surface area contributed by atoms with E-state index in [1.54, 1.807) is 23.2 Å². The predicted octanol–water partition coefficient (Wildman–Crippen LogP) is 3.35. The Morgan fingerprint density at radius 1 is 1.19 bits per heavy atom. The minimum absolute atomic E-state index is 0.114. The van der Waals surface area contributed by atoms with Crippen LogP contribution >= 0.6 is 11.3 Å². The van der Waals surface area contributed by atoms with Crippen LogP contribution < -0.4 is 0 Å². The summed E-state index contributed by atoms with van der Waals surface area (Å²) in [6.07, 6.45) is 0.783. The molecule has 27 heavy (non-hydrogen) atoms. The molecule has 2 aromatic rings. The number of aromatic nitrogens is 1. The van der Waals surface area contributed by atoms with E-state index in [9.17, 15) is 9.59 Å². The summed E-state index contributed by atoms with van der Waals surface area (Å²) in [7, 11) is 0. The monoisotopic (exact) mass is 387 g/mol. The van der Waals surface area contributed by atoms with Gasteiger partial charge in [-0.05, 0) is 26.3 Å². The molecule has 2 heterocycles. The first-order valence-corrected chi connectivity index (χ1v) is 10.2. The average molecular weight is 388 g/mol. The Hall–Kier alpha value is -2.41. The van der Waals surface area contributed by atoms with Gasteiger partial charge in [0.15, 0.2) is 0 Å². The van der Waals surface area contributed by atoms with Crippen LogP contribution in [0.3, 0.4) is 0 Å². The van der Waals surface area contributed by atoms with Crippen molar-refractivity contribution in [2.24, 2.45) is 0 Å². The van der Waals surface area contributed by atoms with Crippen LogP contribution in [0.5, 0.6) is 0 Å². The first-order chi connectivity index (χ1) is 13.1. The number of aryl methyl sites for hydroxylation is 2. The van der Waals surface area contributed by atoms with Crippen molar-refractivity contribution in [3.05, 3.63) is 40.9 Å². The van der Waals surface area contributed by atoms with Crippen LogP contribution in [0.25, 0.3) is 10.6 Å². The topological polar surface area (TPSA) is 62.7 Å². The molecule has 1 aromatic carbocycles. The molecule has 3 rings (SSSR count). The number of piperazine rings is 1. The second-order valence-electron chi connectivity index (χ2n) is 6.58. The molecule has 7 heteroatoms. The quantitative estimate of drug-likeness (QED) is 0.789. The summed E-state index contributed by atoms with van der Waals surface area (Å²) in [5.74, 6) is 0.114. The van der Waals surface area contributed by atoms with Crippen LogP contribution in [-0.2, 0) is 16.0 Å². The van der Waals surface area contributed by atoms with E-state index in [2.05, 4.69) is 30.1 Å². The van der Waals surface area contributed by atoms with E-state index in [1.807, 2.05) is 16.3 Å². The van der Waals surface area contributed by atoms with Gasteiger partial charge in [0.05, 0.1) is 12.3 Å². The summed E-state index contributed by atoms with van der Waals surface area (Å²) < 4.78 is 5.00. The van der Waals surface area contributed by atoms with Crippen LogP contribution in [-0.4, -0.2) is 59.6 Å². The summed E-state index contributed by atoms with van der Waals surface area (Å²) in [5, 5.41) is 3.02. The molecule has 0 unspecified atom stereocenters. The molecule has 1 aliphatic heterocycles. The van der Waals surface area contributed by atoms with Gasteiger partial charge in [0, 0.05) is 43.5 Å². The van der Waals surface area contributed by atoms with Gasteiger partial charge >= 0.3 is 6.09 Å². The number of thiazole rings is 1. The first-order valence-electron chi connectivity index (χ1n) is 9.27. The Morgan fingerprint density at radius 3 is 2.63 bits per heavy atom. The van der Waals surface area contributed by atoms with Crippen molar-refractivity contribution in [3.63, 3.8) is 0 Å². The van der Waals surface area contributed by atoms with Gasteiger partial charge in [-0.3, -0.25) is 4.79 Å². The highest BCUT2D eigenvalue weighted by Gasteiger charge is 2.24. The molecule has 2 amide bonds. The van der Waals surface area contributed by atoms with Crippen molar-refractivity contribution in [1.82, 2.24) is 14.8 Å². The van der Waals surface area contributed by atoms with Crippen molar-refractivity contribution in [1.29, 1.82) is 0 Å². The molecule has 0 spiro atoms. The second kappa shape index (κ2) is 8.99. The standard InChI is InChI=1S/C20H25N3O3S/c1-3-26-20(25)23-11-9-22(10-12-23)18(24)8-7-17-14-27-19(21-17)16-6-4-5-15(2)13-16/h4-6,13-14H,3,7-12H2,1-2H3. The molecular formula is C20H25N3O3S. The minimum Gasteiger partial charge on any atom is -0.450 e. The molecule has 0 radical (unpaired) electrons. The molecule has 6 nitrogen and oxygen atoms in total. The van der Waals surface area contributed by atoms with E-state index in [1.165, 1.54) is 5.56 Å². The molecule has 0 atom stereocenters. The van der Waals surface area contributed by atoms with Crippen molar-refractivity contribution in [2.45, 2.75) is 26.7 Å². The number of nitrogens with zero attached hydrogens (tertiary/aromatic N) is 3. The zero-order valence-electron chi connectivity index (χ0n) is 15.8. The molecule has 1 aromatic heterocycles. The summed E-state index contributed by atoms with van der Waals surface area (Å²) >= 11 is 1.61. The number of ether oxygens (including phenoxy) is 1. The third-order valence-electron chi connectivity index (χ3n) is 4.57. The lowest BCUT2D eigenvalue weighted by Gasteiger charge is -2.34. The van der Waals surface area contributed by atoms with Crippen LogP contribution in [0, 0.1) is 6.92 Å². The van der Waals surface area contributed by atoms with Crippen LogP contribution in [0.15, 0.2) is 29.6 Å². The van der Waals surface area contributed by atoms with Crippen molar-refractivity contribution in [3.8, 4) is 10.6 Å². The van der Waals surface area contributed by atoms with Gasteiger partial charge in [-0.25, -0.2) is 9.78 Å². The van der Waals surface area contributed by atoms with Gasteiger partial charge in [0.25, 0.3) is 0 Å². The molecule has 144 valence electrons. The number of benzene rings is 1. The Balaban J connectivity index is 1.48. The summed E-state index contributed by atoms with van der Waals surface area (Å²) in [4.78, 5) is 32.3. The maximum absolute atomic E-state index is 12.5. The van der Waals surface area contributed by atoms with Crippen LogP contribution in [0.4, 0.5) is 4.79 Å². The predicted molar refractivity (Wildman–Crippen MR) is 106 cm³/mol. The van der Waals surface area contributed by atoms with E-state index in [-0.39, 0.29) is 12.0 Å². The zero-order chi connectivity index (χ0) is 19.2. The van der Waals surface area contributed by atoms with Crippen molar-refractivity contribution < 1.29 is 14.3 Å². The highest BCUT2D eigenvalue weighted by molar-refractivity contribution is 7.13. The van der Waals surface area contributed by atoms with E-state index in [0.29, 0.717) is 45.6 Å². The number of carbonyl (C=O) groups excluding carboxylic acids is 2. The van der Waals surface area contributed by atoms with Gasteiger partial charge in [0.1, 0.15) is 5.01 Å². The van der Waals surface area contributed by atoms with Gasteiger partial charge in [0.2, 0.25) is 5.91 Å². The van der Waals surface area contributed by atoms with E-state index in [0.717, 1.165) is 16.3 Å². The number of rotatable bonds is 5. The maximum Gasteiger partial charge on any atom is 0.409 e. The van der Waals surface area contributed by atoms with E-state index in [4.69, 9.17) is 4.74 Å². The van der Waals surface area contributed by atoms with E-state index >= 15 is 0 Å². The second-order valence-corrected chi connectivity index (χ2v) is 7.44. The van der Waals surface area contributed by atoms with Gasteiger partial charge in [-0.15, -0.1) is 11.3 Å². The highest BCUT2D eigenvalue weighted by atomic mass is 32.1. The van der Waals surface area contributed by atoms with Crippen LogP contribution in [0.1, 0.15) is 24.6 Å². The third-order valence-corrected chi connectivity index (χ3v) is 5.51. The fourth-order valence-corrected chi connectivity index (χ4v) is 3.93. The molecule has 0 aliphatic carbocycles. The minimum atomic E-state index is -0.296. The fraction of sp³-hybridized carbons (Fsp3) is 0.450. The van der Waals surface area contributed by atoms with Gasteiger partial charge in [-0.2, -0.15) is 0 Å². The lowest BCUT2D eigenvalue weighted by molar-refractivity contribution is -0.132. The lowest BCUT2D eigenvalue weighted by Crippen LogP contribution is -2.50.